The summed E-state index contributed by atoms with van der Waals surface area (Å²) in [7, 11) is 0. The molecule has 0 saturated carbocycles. The minimum Gasteiger partial charge on any atom is -0.456 e. The van der Waals surface area contributed by atoms with Gasteiger partial charge in [-0.2, -0.15) is 0 Å². The number of hydrogen-bond donors (Lipinski definition) is 0. The van der Waals surface area contributed by atoms with Crippen LogP contribution >= 0.6 is 0 Å². The molecule has 12 aromatic rings. The van der Waals surface area contributed by atoms with Crippen molar-refractivity contribution in [1.29, 1.82) is 0 Å². The van der Waals surface area contributed by atoms with Crippen molar-refractivity contribution >= 4 is 87.0 Å². The van der Waals surface area contributed by atoms with Crippen LogP contribution in [0.25, 0.3) is 120 Å². The molecule has 2 heteroatoms. The van der Waals surface area contributed by atoms with Crippen molar-refractivity contribution in [3.8, 4) is 33.4 Å². The van der Waals surface area contributed by atoms with E-state index in [-0.39, 0.29) is 0 Å². The molecule has 0 amide bonds. The third kappa shape index (κ3) is 4.22. The molecule has 54 heavy (non-hydrogen) atoms. The van der Waals surface area contributed by atoms with Gasteiger partial charge in [-0.3, -0.25) is 0 Å². The lowest BCUT2D eigenvalue weighted by atomic mass is 9.85. The predicted octanol–water partition coefficient (Wildman–Crippen LogP) is 15.1. The first-order chi connectivity index (χ1) is 26.8. The Kier molecular flexibility index (Phi) is 6.09. The topological polar surface area (TPSA) is 26.3 Å². The maximum Gasteiger partial charge on any atom is 0.144 e. The van der Waals surface area contributed by atoms with Crippen LogP contribution in [0.5, 0.6) is 0 Å². The minimum absolute atomic E-state index is 0.857. The SMILES string of the molecule is c1cc(-c2c3ccccc3c(-c3ccc4ccccc4c3)c3ccccc23)cc(-c2c3oc4cc5ccccc5cc4c3cc3oc4ccccc4c23)c1. The molecular weight excluding hydrogens is 657 g/mol. The molecule has 0 radical (unpaired) electrons. The molecule has 250 valence electrons. The fraction of sp³-hybridized carbons (Fsp3) is 0. The van der Waals surface area contributed by atoms with E-state index in [4.69, 9.17) is 8.83 Å². The van der Waals surface area contributed by atoms with Gasteiger partial charge in [0.05, 0.1) is 0 Å². The molecule has 2 aromatic heterocycles. The zero-order chi connectivity index (χ0) is 35.3. The highest BCUT2D eigenvalue weighted by atomic mass is 16.3. The van der Waals surface area contributed by atoms with Gasteiger partial charge < -0.3 is 8.83 Å². The molecule has 0 fully saturated rings. The summed E-state index contributed by atoms with van der Waals surface area (Å²) in [5.74, 6) is 0. The highest BCUT2D eigenvalue weighted by Gasteiger charge is 2.23. The van der Waals surface area contributed by atoms with Gasteiger partial charge in [-0.1, -0.05) is 146 Å². The normalized spacial score (nSPS) is 12.1. The van der Waals surface area contributed by atoms with Gasteiger partial charge in [0, 0.05) is 27.1 Å². The largest absolute Gasteiger partial charge is 0.456 e. The van der Waals surface area contributed by atoms with Gasteiger partial charge in [0.2, 0.25) is 0 Å². The van der Waals surface area contributed by atoms with Crippen molar-refractivity contribution < 1.29 is 8.83 Å². The van der Waals surface area contributed by atoms with E-state index in [1.165, 1.54) is 54.4 Å². The third-order valence-electron chi connectivity index (χ3n) is 11.4. The number of para-hydroxylation sites is 1. The third-order valence-corrected chi connectivity index (χ3v) is 11.4. The Labute approximate surface area is 310 Å². The molecule has 0 N–H and O–H groups in total. The van der Waals surface area contributed by atoms with Crippen LogP contribution in [0.1, 0.15) is 0 Å². The van der Waals surface area contributed by atoms with E-state index in [1.54, 1.807) is 0 Å². The maximum atomic E-state index is 6.91. The van der Waals surface area contributed by atoms with Crippen molar-refractivity contribution in [2.75, 3.05) is 0 Å². The first-order valence-electron chi connectivity index (χ1n) is 18.5. The van der Waals surface area contributed by atoms with Gasteiger partial charge in [0.25, 0.3) is 0 Å². The van der Waals surface area contributed by atoms with E-state index >= 15 is 0 Å². The van der Waals surface area contributed by atoms with Crippen molar-refractivity contribution in [3.05, 3.63) is 182 Å². The number of furan rings is 2. The predicted molar refractivity (Wildman–Crippen MR) is 227 cm³/mol. The van der Waals surface area contributed by atoms with Gasteiger partial charge in [0.1, 0.15) is 22.3 Å². The number of benzene rings is 10. The summed E-state index contributed by atoms with van der Waals surface area (Å²) in [5.41, 5.74) is 10.5. The van der Waals surface area contributed by atoms with E-state index < -0.39 is 0 Å². The lowest BCUT2D eigenvalue weighted by Crippen LogP contribution is -1.91. The van der Waals surface area contributed by atoms with Gasteiger partial charge >= 0.3 is 0 Å². The Bertz CT molecular complexity index is 3450. The monoisotopic (exact) mass is 686 g/mol. The summed E-state index contributed by atoms with van der Waals surface area (Å²) in [5, 5.41) is 14.1. The van der Waals surface area contributed by atoms with Crippen molar-refractivity contribution in [2.24, 2.45) is 0 Å². The second kappa shape index (κ2) is 11.2. The molecule has 12 rings (SSSR count). The molecule has 0 unspecified atom stereocenters. The summed E-state index contributed by atoms with van der Waals surface area (Å²) in [6, 6.07) is 65.6. The van der Waals surface area contributed by atoms with Crippen LogP contribution in [0.3, 0.4) is 0 Å². The summed E-state index contributed by atoms with van der Waals surface area (Å²) in [6.07, 6.45) is 0. The standard InChI is InChI=1S/C52H30O2/c1-2-13-32-26-37(25-24-31(32)12-1)49-40-20-7-5-18-38(40)48(39-19-6-8-21-41(39)49)35-16-11-17-36(27-35)50-51-42-22-9-10-23-45(42)53-47(51)30-44-43-28-33-14-3-4-15-34(33)29-46(43)54-52(44)50/h1-30H. The first kappa shape index (κ1) is 29.4. The fourth-order valence-electron chi connectivity index (χ4n) is 9.00. The maximum absolute atomic E-state index is 6.91. The molecule has 0 aliphatic carbocycles. The molecule has 2 nitrogen and oxygen atoms in total. The zero-order valence-electron chi connectivity index (χ0n) is 29.1. The van der Waals surface area contributed by atoms with Gasteiger partial charge in [0.15, 0.2) is 0 Å². The van der Waals surface area contributed by atoms with E-state index in [2.05, 4.69) is 176 Å². The zero-order valence-corrected chi connectivity index (χ0v) is 29.1. The molecule has 0 saturated heterocycles. The number of rotatable bonds is 3. The first-order valence-corrected chi connectivity index (χ1v) is 18.5. The molecule has 0 aliphatic heterocycles. The van der Waals surface area contributed by atoms with Gasteiger partial charge in [-0.05, 0) is 107 Å². The van der Waals surface area contributed by atoms with Gasteiger partial charge in [-0.15, -0.1) is 0 Å². The number of fused-ring (bicyclic) bond motifs is 10. The highest BCUT2D eigenvalue weighted by molar-refractivity contribution is 6.25. The van der Waals surface area contributed by atoms with Crippen LogP contribution in [-0.4, -0.2) is 0 Å². The Balaban J connectivity index is 1.16. The molecule has 2 heterocycles. The highest BCUT2D eigenvalue weighted by Crippen LogP contribution is 2.48. The van der Waals surface area contributed by atoms with E-state index in [1.807, 2.05) is 6.07 Å². The Morgan fingerprint density at radius 2 is 0.796 bits per heavy atom. The molecule has 0 spiro atoms. The summed E-state index contributed by atoms with van der Waals surface area (Å²) in [4.78, 5) is 0. The average Bonchev–Trinajstić information content (AvgIpc) is 3.78. The quantitative estimate of drug-likeness (QED) is 0.173. The smallest absolute Gasteiger partial charge is 0.144 e. The molecule has 0 atom stereocenters. The number of hydrogen-bond acceptors (Lipinski definition) is 2. The second-order valence-corrected chi connectivity index (χ2v) is 14.4. The molecule has 10 aromatic carbocycles. The molecular formula is C52H30O2. The van der Waals surface area contributed by atoms with Crippen LogP contribution < -0.4 is 0 Å². The Morgan fingerprint density at radius 1 is 0.259 bits per heavy atom. The Morgan fingerprint density at radius 3 is 1.48 bits per heavy atom. The van der Waals surface area contributed by atoms with Crippen LogP contribution in [-0.2, 0) is 0 Å². The summed E-state index contributed by atoms with van der Waals surface area (Å²) in [6.45, 7) is 0. The Hall–Kier alpha value is -7.16. The second-order valence-electron chi connectivity index (χ2n) is 14.4. The van der Waals surface area contributed by atoms with Crippen molar-refractivity contribution in [3.63, 3.8) is 0 Å². The molecule has 0 aliphatic rings. The van der Waals surface area contributed by atoms with E-state index in [9.17, 15) is 0 Å². The van der Waals surface area contributed by atoms with Crippen molar-refractivity contribution in [2.45, 2.75) is 0 Å². The van der Waals surface area contributed by atoms with E-state index in [0.29, 0.717) is 0 Å². The summed E-state index contributed by atoms with van der Waals surface area (Å²) < 4.78 is 13.5. The van der Waals surface area contributed by atoms with Crippen LogP contribution in [0.2, 0.25) is 0 Å². The minimum atomic E-state index is 0.857. The van der Waals surface area contributed by atoms with E-state index in [0.717, 1.165) is 66.0 Å². The van der Waals surface area contributed by atoms with Crippen LogP contribution in [0.4, 0.5) is 0 Å². The van der Waals surface area contributed by atoms with Crippen LogP contribution in [0.15, 0.2) is 191 Å². The van der Waals surface area contributed by atoms with Crippen molar-refractivity contribution in [1.82, 2.24) is 0 Å². The van der Waals surface area contributed by atoms with Crippen LogP contribution in [0, 0.1) is 0 Å². The fourth-order valence-corrected chi connectivity index (χ4v) is 9.00. The van der Waals surface area contributed by atoms with Gasteiger partial charge in [-0.25, -0.2) is 0 Å². The summed E-state index contributed by atoms with van der Waals surface area (Å²) >= 11 is 0. The lowest BCUT2D eigenvalue weighted by Gasteiger charge is -2.18. The molecule has 0 bridgehead atoms. The lowest BCUT2D eigenvalue weighted by molar-refractivity contribution is 0.665. The average molecular weight is 687 g/mol.